The van der Waals surface area contributed by atoms with Crippen molar-refractivity contribution in [3.8, 4) is 22.9 Å². The average Bonchev–Trinajstić information content (AvgIpc) is 3.23. The molecule has 1 aliphatic rings. The van der Waals surface area contributed by atoms with E-state index in [4.69, 9.17) is 18.7 Å². The topological polar surface area (TPSA) is 78.6 Å². The Bertz CT molecular complexity index is 623. The molecule has 7 heteroatoms. The minimum Gasteiger partial charge on any atom is -0.493 e. The van der Waals surface area contributed by atoms with Crippen molar-refractivity contribution in [2.45, 2.75) is 18.9 Å². The lowest BCUT2D eigenvalue weighted by Crippen LogP contribution is -2.18. The Morgan fingerprint density at radius 3 is 2.95 bits per heavy atom. The molecule has 0 spiro atoms. The molecule has 1 aromatic carbocycles. The lowest BCUT2D eigenvalue weighted by molar-refractivity contribution is 0.120. The largest absolute Gasteiger partial charge is 0.493 e. The number of hydrogen-bond acceptors (Lipinski definition) is 7. The minimum atomic E-state index is 0.210. The van der Waals surface area contributed by atoms with E-state index in [-0.39, 0.29) is 6.10 Å². The number of benzene rings is 1. The quantitative estimate of drug-likeness (QED) is 0.877. The molecule has 1 saturated heterocycles. The van der Waals surface area contributed by atoms with Crippen molar-refractivity contribution in [1.29, 1.82) is 0 Å². The van der Waals surface area contributed by atoms with Gasteiger partial charge in [-0.1, -0.05) is 11.2 Å². The molecule has 1 atom stereocenters. The maximum Gasteiger partial charge on any atom is 0.321 e. The Kier molecular flexibility index (Phi) is 4.43. The second-order valence-corrected chi connectivity index (χ2v) is 4.98. The van der Waals surface area contributed by atoms with Gasteiger partial charge in [-0.15, -0.1) is 0 Å². The van der Waals surface area contributed by atoms with Crippen LogP contribution in [0.15, 0.2) is 22.7 Å². The van der Waals surface area contributed by atoms with Gasteiger partial charge in [-0.05, 0) is 25.0 Å². The molecule has 1 aliphatic heterocycles. The molecule has 2 aromatic rings. The van der Waals surface area contributed by atoms with Crippen LogP contribution in [0.25, 0.3) is 11.4 Å². The number of nitrogens with zero attached hydrogens (tertiary/aromatic N) is 2. The van der Waals surface area contributed by atoms with Gasteiger partial charge in [-0.25, -0.2) is 0 Å². The van der Waals surface area contributed by atoms with Crippen LogP contribution in [0.3, 0.4) is 0 Å². The molecule has 3 rings (SSSR count). The van der Waals surface area contributed by atoms with Gasteiger partial charge in [0.15, 0.2) is 11.5 Å². The molecule has 0 bridgehead atoms. The third-order valence-electron chi connectivity index (χ3n) is 3.57. The lowest BCUT2D eigenvalue weighted by atomic mass is 10.2. The van der Waals surface area contributed by atoms with Crippen LogP contribution in [0.5, 0.6) is 11.5 Å². The van der Waals surface area contributed by atoms with Crippen LogP contribution in [-0.2, 0) is 4.74 Å². The molecule has 0 unspecified atom stereocenters. The summed E-state index contributed by atoms with van der Waals surface area (Å²) in [5.41, 5.74) is 0.718. The summed E-state index contributed by atoms with van der Waals surface area (Å²) in [6.45, 7) is 1.49. The van der Waals surface area contributed by atoms with E-state index in [2.05, 4.69) is 15.5 Å². The number of hydrogen-bond donors (Lipinski definition) is 1. The smallest absolute Gasteiger partial charge is 0.321 e. The van der Waals surface area contributed by atoms with E-state index in [1.165, 1.54) is 0 Å². The molecule has 0 amide bonds. The molecule has 22 heavy (non-hydrogen) atoms. The number of ether oxygens (including phenoxy) is 3. The van der Waals surface area contributed by atoms with Crippen molar-refractivity contribution in [1.82, 2.24) is 10.1 Å². The van der Waals surface area contributed by atoms with Gasteiger partial charge in [0.05, 0.1) is 25.9 Å². The van der Waals surface area contributed by atoms with Crippen LogP contribution in [0, 0.1) is 0 Å². The van der Waals surface area contributed by atoms with Crippen molar-refractivity contribution in [2.24, 2.45) is 0 Å². The van der Waals surface area contributed by atoms with Crippen LogP contribution in [0.4, 0.5) is 6.01 Å². The van der Waals surface area contributed by atoms with E-state index in [1.807, 2.05) is 18.2 Å². The van der Waals surface area contributed by atoms with Gasteiger partial charge >= 0.3 is 6.01 Å². The van der Waals surface area contributed by atoms with Crippen LogP contribution >= 0.6 is 0 Å². The predicted octanol–water partition coefficient (Wildman–Crippen LogP) is 2.34. The van der Waals surface area contributed by atoms with E-state index >= 15 is 0 Å². The molecular weight excluding hydrogens is 286 g/mol. The number of para-hydroxylation sites is 1. The van der Waals surface area contributed by atoms with Crippen molar-refractivity contribution in [3.63, 3.8) is 0 Å². The highest BCUT2D eigenvalue weighted by atomic mass is 16.5. The van der Waals surface area contributed by atoms with Crippen molar-refractivity contribution in [2.75, 3.05) is 32.7 Å². The first kappa shape index (κ1) is 14.6. The van der Waals surface area contributed by atoms with Crippen LogP contribution < -0.4 is 14.8 Å². The fraction of sp³-hybridized carbons (Fsp3) is 0.467. The van der Waals surface area contributed by atoms with E-state index in [0.29, 0.717) is 29.9 Å². The minimum absolute atomic E-state index is 0.210. The number of nitrogens with one attached hydrogen (secondary N) is 1. The standard InChI is InChI=1S/C15H19N3O4/c1-19-12-7-3-6-11(13(12)20-2)14-17-15(22-18-14)16-9-10-5-4-8-21-10/h3,6-7,10H,4-5,8-9H2,1-2H3,(H,16,17,18)/t10-/m0/s1. The van der Waals surface area contributed by atoms with Crippen molar-refractivity contribution < 1.29 is 18.7 Å². The van der Waals surface area contributed by atoms with Crippen molar-refractivity contribution >= 4 is 6.01 Å². The third-order valence-corrected chi connectivity index (χ3v) is 3.57. The van der Waals surface area contributed by atoms with E-state index in [9.17, 15) is 0 Å². The zero-order valence-electron chi connectivity index (χ0n) is 12.7. The first-order chi connectivity index (χ1) is 10.8. The van der Waals surface area contributed by atoms with Crippen LogP contribution in [0.2, 0.25) is 0 Å². The first-order valence-corrected chi connectivity index (χ1v) is 7.22. The highest BCUT2D eigenvalue weighted by Gasteiger charge is 2.19. The summed E-state index contributed by atoms with van der Waals surface area (Å²) in [6.07, 6.45) is 2.36. The summed E-state index contributed by atoms with van der Waals surface area (Å²) in [4.78, 5) is 4.35. The molecule has 0 radical (unpaired) electrons. The monoisotopic (exact) mass is 305 g/mol. The van der Waals surface area contributed by atoms with E-state index in [1.54, 1.807) is 14.2 Å². The molecule has 7 nitrogen and oxygen atoms in total. The number of aromatic nitrogens is 2. The van der Waals surface area contributed by atoms with E-state index in [0.717, 1.165) is 25.0 Å². The fourth-order valence-corrected chi connectivity index (χ4v) is 2.47. The Morgan fingerprint density at radius 2 is 2.23 bits per heavy atom. The predicted molar refractivity (Wildman–Crippen MR) is 80.3 cm³/mol. The van der Waals surface area contributed by atoms with Gasteiger partial charge in [0.1, 0.15) is 0 Å². The first-order valence-electron chi connectivity index (χ1n) is 7.22. The molecule has 2 heterocycles. The van der Waals surface area contributed by atoms with Gasteiger partial charge in [-0.2, -0.15) is 4.98 Å². The van der Waals surface area contributed by atoms with Crippen LogP contribution in [-0.4, -0.2) is 43.6 Å². The summed E-state index contributed by atoms with van der Waals surface area (Å²) in [5.74, 6) is 1.65. The molecule has 1 aromatic heterocycles. The highest BCUT2D eigenvalue weighted by Crippen LogP contribution is 2.36. The summed E-state index contributed by atoms with van der Waals surface area (Å²) >= 11 is 0. The summed E-state index contributed by atoms with van der Waals surface area (Å²) in [6, 6.07) is 5.90. The molecule has 1 fully saturated rings. The maximum atomic E-state index is 5.54. The maximum absolute atomic E-state index is 5.54. The summed E-state index contributed by atoms with van der Waals surface area (Å²) in [5, 5.41) is 7.10. The number of rotatable bonds is 6. The average molecular weight is 305 g/mol. The molecule has 118 valence electrons. The van der Waals surface area contributed by atoms with Gasteiger partial charge in [-0.3, -0.25) is 0 Å². The molecule has 0 saturated carbocycles. The van der Waals surface area contributed by atoms with Crippen LogP contribution in [0.1, 0.15) is 12.8 Å². The fourth-order valence-electron chi connectivity index (χ4n) is 2.47. The zero-order chi connectivity index (χ0) is 15.4. The second-order valence-electron chi connectivity index (χ2n) is 4.98. The number of methoxy groups -OCH3 is 2. The molecule has 0 aliphatic carbocycles. The van der Waals surface area contributed by atoms with Gasteiger partial charge in [0, 0.05) is 13.2 Å². The summed E-state index contributed by atoms with van der Waals surface area (Å²) < 4.78 is 21.4. The SMILES string of the molecule is COc1cccc(-c2noc(NC[C@@H]3CCCO3)n2)c1OC. The Labute approximate surface area is 128 Å². The van der Waals surface area contributed by atoms with E-state index < -0.39 is 0 Å². The van der Waals surface area contributed by atoms with Gasteiger partial charge < -0.3 is 24.1 Å². The summed E-state index contributed by atoms with van der Waals surface area (Å²) in [7, 11) is 3.17. The van der Waals surface area contributed by atoms with Gasteiger partial charge in [0.2, 0.25) is 5.82 Å². The lowest BCUT2D eigenvalue weighted by Gasteiger charge is -2.09. The Hall–Kier alpha value is -2.28. The molecular formula is C15H19N3O4. The highest BCUT2D eigenvalue weighted by molar-refractivity contribution is 5.68. The Balaban J connectivity index is 1.75. The second kappa shape index (κ2) is 6.65. The Morgan fingerprint density at radius 1 is 1.32 bits per heavy atom. The third kappa shape index (κ3) is 2.99. The molecule has 1 N–H and O–H groups in total. The zero-order valence-corrected chi connectivity index (χ0v) is 12.7. The van der Waals surface area contributed by atoms with Gasteiger partial charge in [0.25, 0.3) is 0 Å². The van der Waals surface area contributed by atoms with Crippen molar-refractivity contribution in [3.05, 3.63) is 18.2 Å². The number of anilines is 1. The normalized spacial score (nSPS) is 17.5.